The minimum atomic E-state index is 0.101. The number of carbonyl (C=O) groups excluding carboxylic acids is 1. The van der Waals surface area contributed by atoms with Gasteiger partial charge in [0.1, 0.15) is 5.75 Å². The van der Waals surface area contributed by atoms with E-state index in [4.69, 9.17) is 4.74 Å². The molecule has 0 aliphatic carbocycles. The molecule has 0 radical (unpaired) electrons. The number of aromatic nitrogens is 1. The van der Waals surface area contributed by atoms with Gasteiger partial charge in [0.05, 0.1) is 12.6 Å². The fraction of sp³-hybridized carbons (Fsp3) is 0.389. The van der Waals surface area contributed by atoms with Gasteiger partial charge in [-0.25, -0.2) is 0 Å². The molecule has 0 saturated carbocycles. The minimum absolute atomic E-state index is 0.101. The van der Waals surface area contributed by atoms with E-state index >= 15 is 0 Å². The Kier molecular flexibility index (Phi) is 4.91. The maximum absolute atomic E-state index is 12.3. The van der Waals surface area contributed by atoms with Gasteiger partial charge in [0.25, 0.3) is 0 Å². The zero-order valence-corrected chi connectivity index (χ0v) is 13.9. The van der Waals surface area contributed by atoms with Gasteiger partial charge >= 0.3 is 0 Å². The van der Waals surface area contributed by atoms with Crippen LogP contribution in [0.3, 0.4) is 0 Å². The van der Waals surface area contributed by atoms with Crippen LogP contribution < -0.4 is 10.1 Å². The molecule has 1 N–H and O–H groups in total. The molecule has 4 nitrogen and oxygen atoms in total. The molecule has 2 rings (SSSR count). The fourth-order valence-electron chi connectivity index (χ4n) is 2.34. The zero-order chi connectivity index (χ0) is 16.3. The molecule has 2 aromatic rings. The van der Waals surface area contributed by atoms with Crippen LogP contribution in [-0.4, -0.2) is 23.0 Å². The first kappa shape index (κ1) is 16.1. The van der Waals surface area contributed by atoms with Crippen molar-refractivity contribution in [3.63, 3.8) is 0 Å². The molecule has 1 heterocycles. The average molecular weight is 300 g/mol. The standard InChI is InChI=1S/C18H24N2O2/c1-12(2)22-16-8-6-15(7-9-16)19-11-18(21)17-10-13(3)20(5)14(17)4/h6-10,12,19H,11H2,1-5H3. The number of nitrogens with zero attached hydrogens (tertiary/aromatic N) is 1. The predicted molar refractivity (Wildman–Crippen MR) is 89.9 cm³/mol. The van der Waals surface area contributed by atoms with Gasteiger partial charge in [-0.15, -0.1) is 0 Å². The number of ether oxygens (including phenoxy) is 1. The van der Waals surface area contributed by atoms with Crippen LogP contribution in [0.5, 0.6) is 5.75 Å². The number of benzene rings is 1. The second kappa shape index (κ2) is 6.69. The minimum Gasteiger partial charge on any atom is -0.491 e. The number of aryl methyl sites for hydroxylation is 1. The van der Waals surface area contributed by atoms with Crippen LogP contribution in [0, 0.1) is 13.8 Å². The van der Waals surface area contributed by atoms with Crippen LogP contribution in [0.1, 0.15) is 35.6 Å². The molecule has 0 saturated heterocycles. The molecule has 0 aliphatic heterocycles. The highest BCUT2D eigenvalue weighted by Gasteiger charge is 2.13. The first-order valence-electron chi connectivity index (χ1n) is 7.55. The monoisotopic (exact) mass is 300 g/mol. The van der Waals surface area contributed by atoms with Gasteiger partial charge in [0, 0.05) is 29.7 Å². The summed E-state index contributed by atoms with van der Waals surface area (Å²) in [5.74, 6) is 0.935. The third-order valence-electron chi connectivity index (χ3n) is 3.75. The first-order valence-corrected chi connectivity index (χ1v) is 7.55. The predicted octanol–water partition coefficient (Wildman–Crippen LogP) is 3.72. The molecule has 0 atom stereocenters. The number of rotatable bonds is 6. The second-order valence-corrected chi connectivity index (χ2v) is 5.81. The Morgan fingerprint density at radius 2 is 1.86 bits per heavy atom. The Balaban J connectivity index is 1.97. The molecular formula is C18H24N2O2. The van der Waals surface area contributed by atoms with Crippen LogP contribution in [0.15, 0.2) is 30.3 Å². The van der Waals surface area contributed by atoms with Crippen LogP contribution in [-0.2, 0) is 7.05 Å². The third-order valence-corrected chi connectivity index (χ3v) is 3.75. The van der Waals surface area contributed by atoms with Crippen molar-refractivity contribution in [3.8, 4) is 5.75 Å². The van der Waals surface area contributed by atoms with Gasteiger partial charge in [-0.2, -0.15) is 0 Å². The number of anilines is 1. The van der Waals surface area contributed by atoms with Gasteiger partial charge in [-0.3, -0.25) is 4.79 Å². The summed E-state index contributed by atoms with van der Waals surface area (Å²) in [6, 6.07) is 9.61. The quantitative estimate of drug-likeness (QED) is 0.827. The Morgan fingerprint density at radius 3 is 2.36 bits per heavy atom. The summed E-state index contributed by atoms with van der Waals surface area (Å²) < 4.78 is 7.63. The van der Waals surface area contributed by atoms with Crippen molar-refractivity contribution in [2.24, 2.45) is 7.05 Å². The van der Waals surface area contributed by atoms with Gasteiger partial charge in [-0.1, -0.05) is 0 Å². The van der Waals surface area contributed by atoms with Crippen molar-refractivity contribution in [2.75, 3.05) is 11.9 Å². The molecule has 0 unspecified atom stereocenters. The van der Waals surface area contributed by atoms with Crippen molar-refractivity contribution in [2.45, 2.75) is 33.8 Å². The molecular weight excluding hydrogens is 276 g/mol. The number of carbonyl (C=O) groups is 1. The Morgan fingerprint density at radius 1 is 1.23 bits per heavy atom. The zero-order valence-electron chi connectivity index (χ0n) is 13.9. The molecule has 0 spiro atoms. The molecule has 0 amide bonds. The summed E-state index contributed by atoms with van der Waals surface area (Å²) >= 11 is 0. The summed E-state index contributed by atoms with van der Waals surface area (Å²) in [6.45, 7) is 8.25. The van der Waals surface area contributed by atoms with E-state index in [0.717, 1.165) is 28.4 Å². The Hall–Kier alpha value is -2.23. The molecule has 0 aliphatic rings. The van der Waals surface area contributed by atoms with Crippen molar-refractivity contribution in [3.05, 3.63) is 47.3 Å². The highest BCUT2D eigenvalue weighted by Crippen LogP contribution is 2.18. The van der Waals surface area contributed by atoms with Crippen LogP contribution >= 0.6 is 0 Å². The lowest BCUT2D eigenvalue weighted by atomic mass is 10.1. The number of nitrogens with one attached hydrogen (secondary N) is 1. The van der Waals surface area contributed by atoms with E-state index in [-0.39, 0.29) is 18.4 Å². The highest BCUT2D eigenvalue weighted by atomic mass is 16.5. The number of hydrogen-bond donors (Lipinski definition) is 1. The van der Waals surface area contributed by atoms with E-state index in [1.165, 1.54) is 0 Å². The van der Waals surface area contributed by atoms with E-state index in [2.05, 4.69) is 5.32 Å². The van der Waals surface area contributed by atoms with Gasteiger partial charge in [0.2, 0.25) is 0 Å². The summed E-state index contributed by atoms with van der Waals surface area (Å²) in [7, 11) is 1.97. The largest absolute Gasteiger partial charge is 0.491 e. The average Bonchev–Trinajstić information content (AvgIpc) is 2.73. The number of hydrogen-bond acceptors (Lipinski definition) is 3. The van der Waals surface area contributed by atoms with E-state index in [1.54, 1.807) is 0 Å². The van der Waals surface area contributed by atoms with Gasteiger partial charge in [0.15, 0.2) is 5.78 Å². The lowest BCUT2D eigenvalue weighted by Crippen LogP contribution is -2.14. The fourth-order valence-corrected chi connectivity index (χ4v) is 2.34. The van der Waals surface area contributed by atoms with Crippen LogP contribution in [0.25, 0.3) is 0 Å². The lowest BCUT2D eigenvalue weighted by molar-refractivity contribution is 0.101. The van der Waals surface area contributed by atoms with Gasteiger partial charge < -0.3 is 14.6 Å². The smallest absolute Gasteiger partial charge is 0.183 e. The molecule has 0 bridgehead atoms. The van der Waals surface area contributed by atoms with Crippen molar-refractivity contribution in [1.29, 1.82) is 0 Å². The maximum Gasteiger partial charge on any atom is 0.183 e. The molecule has 118 valence electrons. The van der Waals surface area contributed by atoms with Crippen LogP contribution in [0.4, 0.5) is 5.69 Å². The van der Waals surface area contributed by atoms with E-state index in [9.17, 15) is 4.79 Å². The first-order chi connectivity index (χ1) is 10.4. The third kappa shape index (κ3) is 3.70. The maximum atomic E-state index is 12.3. The second-order valence-electron chi connectivity index (χ2n) is 5.81. The summed E-state index contributed by atoms with van der Waals surface area (Å²) in [5.41, 5.74) is 3.79. The molecule has 4 heteroatoms. The number of Topliss-reactive ketones (excluding diaryl/α,β-unsaturated/α-hetero) is 1. The van der Waals surface area contributed by atoms with E-state index in [0.29, 0.717) is 0 Å². The van der Waals surface area contributed by atoms with Crippen molar-refractivity contribution >= 4 is 11.5 Å². The molecule has 1 aromatic heterocycles. The number of ketones is 1. The highest BCUT2D eigenvalue weighted by molar-refractivity contribution is 6.00. The molecule has 22 heavy (non-hydrogen) atoms. The van der Waals surface area contributed by atoms with Gasteiger partial charge in [-0.05, 0) is 58.0 Å². The van der Waals surface area contributed by atoms with Crippen LogP contribution in [0.2, 0.25) is 0 Å². The Labute approximate surface area is 132 Å². The summed E-state index contributed by atoms with van der Waals surface area (Å²) in [4.78, 5) is 12.3. The SMILES string of the molecule is Cc1cc(C(=O)CNc2ccc(OC(C)C)cc2)c(C)n1C. The van der Waals surface area contributed by atoms with Crippen molar-refractivity contribution < 1.29 is 9.53 Å². The summed E-state index contributed by atoms with van der Waals surface area (Å²) in [5, 5.41) is 3.17. The summed E-state index contributed by atoms with van der Waals surface area (Å²) in [6.07, 6.45) is 0.157. The Bertz CT molecular complexity index is 654. The molecule has 1 aromatic carbocycles. The molecule has 0 fully saturated rings. The van der Waals surface area contributed by atoms with E-state index in [1.807, 2.05) is 69.6 Å². The van der Waals surface area contributed by atoms with Crippen molar-refractivity contribution in [1.82, 2.24) is 4.57 Å². The lowest BCUT2D eigenvalue weighted by Gasteiger charge is -2.11. The topological polar surface area (TPSA) is 43.3 Å². The van der Waals surface area contributed by atoms with E-state index < -0.39 is 0 Å². The normalized spacial score (nSPS) is 10.8.